The Hall–Kier alpha value is -3.87. The summed E-state index contributed by atoms with van der Waals surface area (Å²) in [5.41, 5.74) is 1.62. The van der Waals surface area contributed by atoms with Crippen LogP contribution >= 0.6 is 0 Å². The van der Waals surface area contributed by atoms with Gasteiger partial charge in [0.15, 0.2) is 0 Å². The molecular formula is C25H26O7. The van der Waals surface area contributed by atoms with Crippen molar-refractivity contribution in [1.82, 2.24) is 0 Å². The van der Waals surface area contributed by atoms with Crippen molar-refractivity contribution >= 4 is 24.0 Å². The summed E-state index contributed by atoms with van der Waals surface area (Å²) < 4.78 is 15.4. The summed E-state index contributed by atoms with van der Waals surface area (Å²) in [6.07, 6.45) is 2.99. The first-order chi connectivity index (χ1) is 15.3. The topological polar surface area (TPSA) is 99.1 Å². The number of carbonyl (C=O) groups is 3. The molecule has 0 saturated heterocycles. The number of carbonyl (C=O) groups excluding carboxylic acids is 2. The quantitative estimate of drug-likeness (QED) is 0.235. The van der Waals surface area contributed by atoms with Gasteiger partial charge in [-0.05, 0) is 74.2 Å². The number of hydrogen-bond donors (Lipinski definition) is 1. The van der Waals surface area contributed by atoms with E-state index in [1.807, 2.05) is 0 Å². The number of esters is 2. The zero-order valence-electron chi connectivity index (χ0n) is 18.1. The number of rotatable bonds is 11. The van der Waals surface area contributed by atoms with Gasteiger partial charge in [-0.2, -0.15) is 0 Å². The Kier molecular flexibility index (Phi) is 9.22. The number of unbranched alkanes of at least 4 members (excludes halogenated alkanes) is 1. The minimum atomic E-state index is -1.01. The Morgan fingerprint density at radius 2 is 1.59 bits per heavy atom. The van der Waals surface area contributed by atoms with E-state index in [4.69, 9.17) is 14.2 Å². The minimum Gasteiger partial charge on any atom is -0.497 e. The van der Waals surface area contributed by atoms with Crippen LogP contribution in [0.3, 0.4) is 0 Å². The summed E-state index contributed by atoms with van der Waals surface area (Å²) in [5.74, 6) is -0.987. The monoisotopic (exact) mass is 438 g/mol. The number of benzene rings is 2. The van der Waals surface area contributed by atoms with Gasteiger partial charge in [-0.3, -0.25) is 0 Å². The molecule has 0 aliphatic carbocycles. The molecule has 0 amide bonds. The van der Waals surface area contributed by atoms with E-state index >= 15 is 0 Å². The summed E-state index contributed by atoms with van der Waals surface area (Å²) in [4.78, 5) is 35.1. The third-order valence-electron chi connectivity index (χ3n) is 4.45. The van der Waals surface area contributed by atoms with Gasteiger partial charge in [0, 0.05) is 11.1 Å². The second kappa shape index (κ2) is 12.1. The summed E-state index contributed by atoms with van der Waals surface area (Å²) in [7, 11) is 1.54. The third kappa shape index (κ3) is 7.75. The van der Waals surface area contributed by atoms with E-state index in [0.29, 0.717) is 47.5 Å². The molecule has 0 heterocycles. The Bertz CT molecular complexity index is 986. The van der Waals surface area contributed by atoms with Crippen LogP contribution in [-0.4, -0.2) is 36.7 Å². The van der Waals surface area contributed by atoms with Gasteiger partial charge in [0.05, 0.1) is 19.3 Å². The number of methoxy groups -OCH3 is 1. The van der Waals surface area contributed by atoms with Crippen molar-refractivity contribution in [2.75, 3.05) is 13.7 Å². The van der Waals surface area contributed by atoms with E-state index in [0.717, 1.165) is 0 Å². The van der Waals surface area contributed by atoms with Crippen molar-refractivity contribution in [2.24, 2.45) is 0 Å². The maximum Gasteiger partial charge on any atom is 0.343 e. The van der Waals surface area contributed by atoms with Crippen molar-refractivity contribution in [3.63, 3.8) is 0 Å². The fourth-order valence-corrected chi connectivity index (χ4v) is 2.67. The van der Waals surface area contributed by atoms with Gasteiger partial charge in [0.2, 0.25) is 0 Å². The van der Waals surface area contributed by atoms with Gasteiger partial charge in [-0.15, -0.1) is 0 Å². The predicted octanol–water partition coefficient (Wildman–Crippen LogP) is 4.67. The Morgan fingerprint density at radius 1 is 0.969 bits per heavy atom. The molecule has 0 saturated carbocycles. The molecule has 2 aromatic rings. The highest BCUT2D eigenvalue weighted by molar-refractivity contribution is 5.92. The minimum absolute atomic E-state index is 0.215. The van der Waals surface area contributed by atoms with Gasteiger partial charge >= 0.3 is 17.9 Å². The van der Waals surface area contributed by atoms with Gasteiger partial charge in [0.1, 0.15) is 11.5 Å². The largest absolute Gasteiger partial charge is 0.497 e. The lowest BCUT2D eigenvalue weighted by atomic mass is 10.1. The number of aliphatic carboxylic acids is 1. The smallest absolute Gasteiger partial charge is 0.343 e. The highest BCUT2D eigenvalue weighted by Gasteiger charge is 2.10. The maximum atomic E-state index is 12.2. The van der Waals surface area contributed by atoms with Gasteiger partial charge in [-0.1, -0.05) is 18.7 Å². The first-order valence-electron chi connectivity index (χ1n) is 10.0. The van der Waals surface area contributed by atoms with Crippen LogP contribution < -0.4 is 9.47 Å². The molecule has 7 heteroatoms. The van der Waals surface area contributed by atoms with Crippen molar-refractivity contribution in [2.45, 2.75) is 26.2 Å². The highest BCUT2D eigenvalue weighted by Crippen LogP contribution is 2.19. The van der Waals surface area contributed by atoms with Crippen LogP contribution in [0.5, 0.6) is 11.5 Å². The van der Waals surface area contributed by atoms with Crippen molar-refractivity contribution in [1.29, 1.82) is 0 Å². The summed E-state index contributed by atoms with van der Waals surface area (Å²) in [6, 6.07) is 13.1. The predicted molar refractivity (Wildman–Crippen MR) is 120 cm³/mol. The van der Waals surface area contributed by atoms with Gasteiger partial charge in [0.25, 0.3) is 0 Å². The van der Waals surface area contributed by atoms with Crippen LogP contribution in [0.4, 0.5) is 0 Å². The SMILES string of the molecule is C=C(C)C(=O)OCCCCC(=Cc1ccc(OC(=O)c2ccc(OC)cc2)cc1)C(=O)O. The molecule has 32 heavy (non-hydrogen) atoms. The van der Waals surface area contributed by atoms with Gasteiger partial charge < -0.3 is 19.3 Å². The molecule has 2 aromatic carbocycles. The third-order valence-corrected chi connectivity index (χ3v) is 4.45. The van der Waals surface area contributed by atoms with Crippen LogP contribution in [0.1, 0.15) is 42.1 Å². The summed E-state index contributed by atoms with van der Waals surface area (Å²) in [5, 5.41) is 9.45. The molecule has 0 spiro atoms. The van der Waals surface area contributed by atoms with Crippen LogP contribution in [0.25, 0.3) is 6.08 Å². The summed E-state index contributed by atoms with van der Waals surface area (Å²) >= 11 is 0. The molecule has 7 nitrogen and oxygen atoms in total. The van der Waals surface area contributed by atoms with Gasteiger partial charge in [-0.25, -0.2) is 14.4 Å². The summed E-state index contributed by atoms with van der Waals surface area (Å²) in [6.45, 7) is 5.29. The van der Waals surface area contributed by atoms with E-state index in [-0.39, 0.29) is 12.2 Å². The number of carboxylic acids is 1. The average Bonchev–Trinajstić information content (AvgIpc) is 2.78. The first kappa shape index (κ1) is 24.4. The standard InChI is InChI=1S/C25H26O7/c1-17(2)24(28)31-15-5-4-6-20(23(26)27)16-18-7-11-22(12-8-18)32-25(29)19-9-13-21(30-3)14-10-19/h7-14,16H,1,4-6,15H2,2-3H3,(H,26,27). The van der Waals surface area contributed by atoms with E-state index < -0.39 is 17.9 Å². The average molecular weight is 438 g/mol. The normalized spacial score (nSPS) is 10.9. The van der Waals surface area contributed by atoms with Crippen LogP contribution in [0.15, 0.2) is 66.3 Å². The van der Waals surface area contributed by atoms with E-state index in [9.17, 15) is 19.5 Å². The molecule has 0 aliphatic rings. The fraction of sp³-hybridized carbons (Fsp3) is 0.240. The van der Waals surface area contributed by atoms with Crippen LogP contribution in [-0.2, 0) is 14.3 Å². The molecule has 0 fully saturated rings. The Labute approximate surface area is 186 Å². The zero-order valence-corrected chi connectivity index (χ0v) is 18.1. The molecule has 168 valence electrons. The maximum absolute atomic E-state index is 12.2. The fourth-order valence-electron chi connectivity index (χ4n) is 2.67. The molecule has 0 atom stereocenters. The molecule has 1 N–H and O–H groups in total. The molecule has 2 rings (SSSR count). The molecular weight excluding hydrogens is 412 g/mol. The lowest BCUT2D eigenvalue weighted by Crippen LogP contribution is -2.08. The molecule has 0 radical (unpaired) electrons. The second-order valence-corrected chi connectivity index (χ2v) is 7.04. The first-order valence-corrected chi connectivity index (χ1v) is 10.0. The number of ether oxygens (including phenoxy) is 3. The van der Waals surface area contributed by atoms with Crippen molar-refractivity contribution in [3.05, 3.63) is 77.4 Å². The Morgan fingerprint density at radius 3 is 2.16 bits per heavy atom. The van der Waals surface area contributed by atoms with E-state index in [1.165, 1.54) is 0 Å². The van der Waals surface area contributed by atoms with E-state index in [2.05, 4.69) is 6.58 Å². The lowest BCUT2D eigenvalue weighted by Gasteiger charge is -2.07. The van der Waals surface area contributed by atoms with Crippen LogP contribution in [0, 0.1) is 0 Å². The number of hydrogen-bond acceptors (Lipinski definition) is 6. The van der Waals surface area contributed by atoms with Crippen molar-refractivity contribution < 1.29 is 33.7 Å². The van der Waals surface area contributed by atoms with E-state index in [1.54, 1.807) is 68.6 Å². The van der Waals surface area contributed by atoms with Crippen molar-refractivity contribution in [3.8, 4) is 11.5 Å². The molecule has 0 unspecified atom stereocenters. The molecule has 0 bridgehead atoms. The molecule has 0 aliphatic heterocycles. The highest BCUT2D eigenvalue weighted by atomic mass is 16.5. The lowest BCUT2D eigenvalue weighted by molar-refractivity contribution is -0.139. The number of carboxylic acid groups (broad SMARTS) is 1. The molecule has 0 aromatic heterocycles. The van der Waals surface area contributed by atoms with Crippen LogP contribution in [0.2, 0.25) is 0 Å². The zero-order chi connectivity index (χ0) is 23.5. The Balaban J connectivity index is 1.92. The second-order valence-electron chi connectivity index (χ2n) is 7.04.